The van der Waals surface area contributed by atoms with Gasteiger partial charge in [0.15, 0.2) is 0 Å². The van der Waals surface area contributed by atoms with E-state index in [2.05, 4.69) is 89.1 Å². The van der Waals surface area contributed by atoms with Gasteiger partial charge in [0.25, 0.3) is 0 Å². The van der Waals surface area contributed by atoms with Gasteiger partial charge in [-0.3, -0.25) is 0 Å². The quantitative estimate of drug-likeness (QED) is 0.334. The lowest BCUT2D eigenvalue weighted by Crippen LogP contribution is -2.41. The van der Waals surface area contributed by atoms with Gasteiger partial charge in [0.1, 0.15) is 6.61 Å². The van der Waals surface area contributed by atoms with Crippen molar-refractivity contribution in [2.45, 2.75) is 31.5 Å². The van der Waals surface area contributed by atoms with Crippen molar-refractivity contribution in [2.24, 2.45) is 0 Å². The highest BCUT2D eigenvalue weighted by molar-refractivity contribution is 5.87. The first-order valence-electron chi connectivity index (χ1n) is 12.5. The summed E-state index contributed by atoms with van der Waals surface area (Å²) in [4.78, 5) is 15.4. The summed E-state index contributed by atoms with van der Waals surface area (Å²) in [5.41, 5.74) is 8.23. The molecule has 36 heavy (non-hydrogen) atoms. The van der Waals surface area contributed by atoms with Crippen LogP contribution >= 0.6 is 0 Å². The molecule has 0 bridgehead atoms. The molecule has 4 nitrogen and oxygen atoms in total. The van der Waals surface area contributed by atoms with Crippen molar-refractivity contribution in [3.05, 3.63) is 143 Å². The number of hydrogen-bond donors (Lipinski definition) is 1. The van der Waals surface area contributed by atoms with Crippen LogP contribution in [0.5, 0.6) is 0 Å². The van der Waals surface area contributed by atoms with E-state index in [0.29, 0.717) is 0 Å². The van der Waals surface area contributed by atoms with Gasteiger partial charge in [-0.1, -0.05) is 115 Å². The number of alkyl carbamates (subject to hydrolysis) is 1. The number of amides is 1. The first kappa shape index (κ1) is 22.2. The zero-order chi connectivity index (χ0) is 24.3. The number of hydrogen-bond acceptors (Lipinski definition) is 3. The van der Waals surface area contributed by atoms with Crippen molar-refractivity contribution in [1.29, 1.82) is 0 Å². The minimum atomic E-state index is -0.392. The Morgan fingerprint density at radius 2 is 1.53 bits per heavy atom. The molecule has 0 fully saturated rings. The first-order chi connectivity index (χ1) is 17.8. The molecule has 0 unspecified atom stereocenters. The lowest BCUT2D eigenvalue weighted by molar-refractivity contribution is 0.134. The second-order valence-electron chi connectivity index (χ2n) is 9.31. The summed E-state index contributed by atoms with van der Waals surface area (Å²) in [6.45, 7) is 0.251. The van der Waals surface area contributed by atoms with Crippen LogP contribution < -0.4 is 10.2 Å². The number of ether oxygens (including phenoxy) is 1. The Hall–Kier alpha value is -4.31. The Labute approximate surface area is 211 Å². The number of carbonyl (C=O) groups is 1. The monoisotopic (exact) mass is 472 g/mol. The van der Waals surface area contributed by atoms with Gasteiger partial charge >= 0.3 is 6.09 Å². The summed E-state index contributed by atoms with van der Waals surface area (Å²) in [6.07, 6.45) is 3.54. The van der Waals surface area contributed by atoms with E-state index in [4.69, 9.17) is 4.74 Å². The van der Waals surface area contributed by atoms with Crippen LogP contribution in [-0.4, -0.2) is 6.09 Å². The van der Waals surface area contributed by atoms with Crippen molar-refractivity contribution in [2.75, 3.05) is 4.90 Å². The largest absolute Gasteiger partial charge is 0.445 e. The van der Waals surface area contributed by atoms with E-state index >= 15 is 0 Å². The van der Waals surface area contributed by atoms with Gasteiger partial charge in [-0.2, -0.15) is 0 Å². The molecular weight excluding hydrogens is 444 g/mol. The van der Waals surface area contributed by atoms with Gasteiger partial charge < -0.3 is 15.0 Å². The van der Waals surface area contributed by atoms with Gasteiger partial charge in [0.2, 0.25) is 0 Å². The van der Waals surface area contributed by atoms with Crippen molar-refractivity contribution >= 4 is 17.5 Å². The van der Waals surface area contributed by atoms with E-state index in [1.165, 1.54) is 28.1 Å². The molecule has 2 aliphatic heterocycles. The molecule has 1 amide bonds. The number of rotatable bonds is 5. The van der Waals surface area contributed by atoms with E-state index in [1.54, 1.807) is 0 Å². The van der Waals surface area contributed by atoms with Crippen LogP contribution in [0.1, 0.15) is 46.3 Å². The van der Waals surface area contributed by atoms with Crippen LogP contribution in [0.4, 0.5) is 10.5 Å². The Kier molecular flexibility index (Phi) is 6.00. The maximum Gasteiger partial charge on any atom is 0.407 e. The lowest BCUT2D eigenvalue weighted by Gasteiger charge is -2.46. The number of benzene rings is 4. The van der Waals surface area contributed by atoms with Crippen LogP contribution in [0.25, 0.3) is 5.70 Å². The Balaban J connectivity index is 1.36. The fourth-order valence-electron chi connectivity index (χ4n) is 5.43. The molecule has 2 atom stereocenters. The predicted octanol–water partition coefficient (Wildman–Crippen LogP) is 7.20. The molecule has 4 aromatic carbocycles. The van der Waals surface area contributed by atoms with Crippen molar-refractivity contribution in [1.82, 2.24) is 5.32 Å². The molecule has 0 aromatic heterocycles. The Morgan fingerprint density at radius 3 is 2.28 bits per heavy atom. The van der Waals surface area contributed by atoms with E-state index in [9.17, 15) is 4.79 Å². The molecule has 0 saturated heterocycles. The standard InChI is InChI=1S/C32H28N2O2/c35-32(36-22-23-11-4-1-5-12-23)33-28-21-30(25-15-8-3-9-16-25)34-29(24-13-6-2-7-14-24)20-19-26-17-10-18-27(28)31(26)34/h1-18,20,28,30H,19,21-22H2,(H,33,35)/t28-,30-/m0/s1. The first-order valence-corrected chi connectivity index (χ1v) is 12.5. The van der Waals surface area contributed by atoms with Crippen LogP contribution in [0, 0.1) is 0 Å². The van der Waals surface area contributed by atoms with Gasteiger partial charge in [-0.05, 0) is 40.7 Å². The molecular formula is C32H28N2O2. The van der Waals surface area contributed by atoms with Crippen molar-refractivity contribution in [3.8, 4) is 0 Å². The van der Waals surface area contributed by atoms with E-state index < -0.39 is 6.09 Å². The number of anilines is 1. The molecule has 0 saturated carbocycles. The topological polar surface area (TPSA) is 41.6 Å². The normalized spacial score (nSPS) is 18.1. The molecule has 0 spiro atoms. The number of allylic oxidation sites excluding steroid dienone is 1. The molecule has 2 aliphatic rings. The third-order valence-electron chi connectivity index (χ3n) is 7.07. The van der Waals surface area contributed by atoms with Gasteiger partial charge in [-0.15, -0.1) is 0 Å². The van der Waals surface area contributed by atoms with E-state index in [0.717, 1.165) is 24.0 Å². The second-order valence-corrected chi connectivity index (χ2v) is 9.31. The summed E-state index contributed by atoms with van der Waals surface area (Å²) < 4.78 is 5.60. The van der Waals surface area contributed by atoms with Crippen molar-refractivity contribution < 1.29 is 9.53 Å². The SMILES string of the molecule is O=C(N[C@H]1C[C@@H](c2ccccc2)N2C(c3ccccc3)=CCc3cccc1c32)OCc1ccccc1. The van der Waals surface area contributed by atoms with Crippen molar-refractivity contribution in [3.63, 3.8) is 0 Å². The van der Waals surface area contributed by atoms with Crippen LogP contribution in [0.15, 0.2) is 115 Å². The summed E-state index contributed by atoms with van der Waals surface area (Å²) >= 11 is 0. The fourth-order valence-corrected chi connectivity index (χ4v) is 5.43. The molecule has 1 N–H and O–H groups in total. The maximum atomic E-state index is 12.9. The number of para-hydroxylation sites is 1. The molecule has 0 radical (unpaired) electrons. The van der Waals surface area contributed by atoms with Crippen LogP contribution in [-0.2, 0) is 17.8 Å². The average molecular weight is 473 g/mol. The summed E-state index contributed by atoms with van der Waals surface area (Å²) in [7, 11) is 0. The zero-order valence-electron chi connectivity index (χ0n) is 20.0. The molecule has 2 heterocycles. The summed E-state index contributed by atoms with van der Waals surface area (Å²) in [6, 6.07) is 37.3. The third-order valence-corrected chi connectivity index (χ3v) is 7.07. The van der Waals surface area contributed by atoms with E-state index in [1.807, 2.05) is 36.4 Å². The number of nitrogens with zero attached hydrogens (tertiary/aromatic N) is 1. The highest BCUT2D eigenvalue weighted by Gasteiger charge is 2.39. The smallest absolute Gasteiger partial charge is 0.407 e. The maximum absolute atomic E-state index is 12.9. The highest BCUT2D eigenvalue weighted by atomic mass is 16.5. The van der Waals surface area contributed by atoms with Crippen LogP contribution in [0.2, 0.25) is 0 Å². The minimum absolute atomic E-state index is 0.0750. The molecule has 178 valence electrons. The summed E-state index contributed by atoms with van der Waals surface area (Å²) in [5, 5.41) is 3.19. The fraction of sp³-hybridized carbons (Fsp3) is 0.156. The van der Waals surface area contributed by atoms with Gasteiger partial charge in [0.05, 0.1) is 17.8 Å². The van der Waals surface area contributed by atoms with Gasteiger partial charge in [0, 0.05) is 5.70 Å². The average Bonchev–Trinajstić information content (AvgIpc) is 2.95. The minimum Gasteiger partial charge on any atom is -0.445 e. The molecule has 4 aromatic rings. The van der Waals surface area contributed by atoms with Gasteiger partial charge in [-0.25, -0.2) is 4.79 Å². The Morgan fingerprint density at radius 1 is 0.833 bits per heavy atom. The number of carbonyl (C=O) groups excluding carboxylic acids is 1. The van der Waals surface area contributed by atoms with E-state index in [-0.39, 0.29) is 18.7 Å². The molecule has 4 heteroatoms. The highest BCUT2D eigenvalue weighted by Crippen LogP contribution is 2.51. The second kappa shape index (κ2) is 9.74. The molecule has 0 aliphatic carbocycles. The summed E-state index contributed by atoms with van der Waals surface area (Å²) in [5.74, 6) is 0. The Bertz CT molecular complexity index is 1380. The lowest BCUT2D eigenvalue weighted by atomic mass is 9.82. The zero-order valence-corrected chi connectivity index (χ0v) is 20.0. The third kappa shape index (κ3) is 4.27. The van der Waals surface area contributed by atoms with Crippen LogP contribution in [0.3, 0.4) is 0 Å². The molecule has 6 rings (SSSR count). The number of nitrogens with one attached hydrogen (secondary N) is 1. The predicted molar refractivity (Wildman–Crippen MR) is 143 cm³/mol.